The molecule has 0 aliphatic rings. The molecule has 0 saturated heterocycles. The third-order valence-electron chi connectivity index (χ3n) is 5.47. The van der Waals surface area contributed by atoms with Crippen LogP contribution in [0.1, 0.15) is 48.1 Å². The van der Waals surface area contributed by atoms with E-state index in [1.165, 1.54) is 27.8 Å². The molecule has 0 amide bonds. The fraction of sp³-hybridized carbons (Fsp3) is 0.172. The fourth-order valence-electron chi connectivity index (χ4n) is 3.65. The Morgan fingerprint density at radius 3 is 1.90 bits per heavy atom. The van der Waals surface area contributed by atoms with Crippen LogP contribution in [0.3, 0.4) is 0 Å². The normalized spacial score (nSPS) is 13.0. The summed E-state index contributed by atoms with van der Waals surface area (Å²) in [5.41, 5.74) is 6.36. The largest absolute Gasteiger partial charge is 0.302 e. The molecule has 0 aromatic heterocycles. The average Bonchev–Trinajstić information content (AvgIpc) is 2.81. The van der Waals surface area contributed by atoms with E-state index < -0.39 is 0 Å². The second-order valence-corrected chi connectivity index (χ2v) is 7.50. The zero-order chi connectivity index (χ0) is 21.2. The highest BCUT2D eigenvalue weighted by Gasteiger charge is 2.13. The first kappa shape index (κ1) is 21.5. The van der Waals surface area contributed by atoms with Gasteiger partial charge in [0.05, 0.1) is 6.04 Å². The van der Waals surface area contributed by atoms with E-state index in [1.807, 2.05) is 19.1 Å². The molecule has 152 valence electrons. The van der Waals surface area contributed by atoms with Gasteiger partial charge in [-0.2, -0.15) is 0 Å². The molecule has 0 heterocycles. The van der Waals surface area contributed by atoms with Crippen molar-refractivity contribution in [3.05, 3.63) is 144 Å². The van der Waals surface area contributed by atoms with Crippen molar-refractivity contribution in [2.45, 2.75) is 32.4 Å². The van der Waals surface area contributed by atoms with Crippen molar-refractivity contribution in [3.8, 4) is 0 Å². The Hall–Kier alpha value is -3.16. The molecule has 0 spiro atoms. The lowest BCUT2D eigenvalue weighted by atomic mass is 9.91. The number of rotatable bonds is 9. The summed E-state index contributed by atoms with van der Waals surface area (Å²) in [6, 6.07) is 30.3. The third kappa shape index (κ3) is 5.68. The van der Waals surface area contributed by atoms with Gasteiger partial charge in [0.25, 0.3) is 0 Å². The minimum Gasteiger partial charge on any atom is -0.302 e. The molecule has 3 aromatic carbocycles. The number of hydrogen-bond donors (Lipinski definition) is 1. The van der Waals surface area contributed by atoms with Gasteiger partial charge < -0.3 is 5.32 Å². The van der Waals surface area contributed by atoms with Crippen molar-refractivity contribution in [2.75, 3.05) is 0 Å². The smallest absolute Gasteiger partial charge is 0.0579 e. The number of nitrogens with one attached hydrogen (secondary N) is 1. The van der Waals surface area contributed by atoms with Crippen molar-refractivity contribution in [2.24, 2.45) is 0 Å². The van der Waals surface area contributed by atoms with Crippen LogP contribution in [0.5, 0.6) is 0 Å². The summed E-state index contributed by atoms with van der Waals surface area (Å²) < 4.78 is 0. The Balaban J connectivity index is 1.73. The molecule has 1 unspecified atom stereocenters. The van der Waals surface area contributed by atoms with Crippen LogP contribution >= 0.6 is 0 Å². The quantitative estimate of drug-likeness (QED) is 0.375. The zero-order valence-corrected chi connectivity index (χ0v) is 18.0. The highest BCUT2D eigenvalue weighted by Crippen LogP contribution is 2.26. The van der Waals surface area contributed by atoms with E-state index in [0.717, 1.165) is 6.54 Å². The predicted molar refractivity (Wildman–Crippen MR) is 130 cm³/mol. The molecule has 0 aliphatic carbocycles. The van der Waals surface area contributed by atoms with Crippen molar-refractivity contribution in [3.63, 3.8) is 0 Å². The average molecular weight is 394 g/mol. The minimum atomic E-state index is 0.169. The Morgan fingerprint density at radius 2 is 1.40 bits per heavy atom. The zero-order valence-electron chi connectivity index (χ0n) is 18.0. The molecule has 0 fully saturated rings. The van der Waals surface area contributed by atoms with Crippen LogP contribution in [0, 0.1) is 0 Å². The van der Waals surface area contributed by atoms with E-state index >= 15 is 0 Å². The molecule has 1 nitrogen and oxygen atoms in total. The number of benzene rings is 3. The van der Waals surface area contributed by atoms with Gasteiger partial charge in [0, 0.05) is 12.5 Å². The van der Waals surface area contributed by atoms with Gasteiger partial charge in [0.15, 0.2) is 0 Å². The van der Waals surface area contributed by atoms with E-state index in [-0.39, 0.29) is 6.04 Å². The number of allylic oxidation sites excluding steroid dienone is 5. The molecule has 1 heteroatoms. The second kappa shape index (κ2) is 11.1. The number of hydrogen-bond acceptors (Lipinski definition) is 1. The summed E-state index contributed by atoms with van der Waals surface area (Å²) in [6.07, 6.45) is 8.20. The first-order valence-electron chi connectivity index (χ1n) is 10.6. The van der Waals surface area contributed by atoms with Crippen molar-refractivity contribution < 1.29 is 0 Å². The van der Waals surface area contributed by atoms with Crippen molar-refractivity contribution in [1.29, 1.82) is 0 Å². The summed E-state index contributed by atoms with van der Waals surface area (Å²) in [5.74, 6) is 0.321. The molecular weight excluding hydrogens is 362 g/mol. The van der Waals surface area contributed by atoms with Gasteiger partial charge in [0.2, 0.25) is 0 Å². The summed E-state index contributed by atoms with van der Waals surface area (Å²) in [7, 11) is 0. The lowest BCUT2D eigenvalue weighted by Gasteiger charge is -2.20. The predicted octanol–water partition coefficient (Wildman–Crippen LogP) is 7.36. The molecule has 1 atom stereocenters. The molecule has 1 N–H and O–H groups in total. The molecule has 3 aromatic rings. The highest BCUT2D eigenvalue weighted by atomic mass is 14.9. The van der Waals surface area contributed by atoms with Gasteiger partial charge in [-0.05, 0) is 34.8 Å². The van der Waals surface area contributed by atoms with Crippen LogP contribution in [0.2, 0.25) is 0 Å². The van der Waals surface area contributed by atoms with E-state index in [2.05, 4.69) is 116 Å². The Bertz CT molecular complexity index is 926. The Morgan fingerprint density at radius 1 is 0.833 bits per heavy atom. The first-order chi connectivity index (χ1) is 14.7. The van der Waals surface area contributed by atoms with Gasteiger partial charge in [-0.25, -0.2) is 0 Å². The van der Waals surface area contributed by atoms with Gasteiger partial charge in [-0.1, -0.05) is 123 Å². The maximum Gasteiger partial charge on any atom is 0.0579 e. The molecule has 0 bridgehead atoms. The topological polar surface area (TPSA) is 12.0 Å². The Kier molecular flexibility index (Phi) is 8.00. The first-order valence-corrected chi connectivity index (χ1v) is 10.6. The maximum absolute atomic E-state index is 3.97. The van der Waals surface area contributed by atoms with Crippen LogP contribution in [0.25, 0.3) is 0 Å². The van der Waals surface area contributed by atoms with Crippen molar-refractivity contribution >= 4 is 0 Å². The molecule has 30 heavy (non-hydrogen) atoms. The van der Waals surface area contributed by atoms with Gasteiger partial charge in [0.1, 0.15) is 0 Å². The van der Waals surface area contributed by atoms with Gasteiger partial charge >= 0.3 is 0 Å². The van der Waals surface area contributed by atoms with Crippen LogP contribution in [0.15, 0.2) is 121 Å². The van der Waals surface area contributed by atoms with Crippen LogP contribution in [0.4, 0.5) is 0 Å². The summed E-state index contributed by atoms with van der Waals surface area (Å²) in [6.45, 7) is 9.04. The maximum atomic E-state index is 3.97. The lowest BCUT2D eigenvalue weighted by Crippen LogP contribution is -2.22. The summed E-state index contributed by atoms with van der Waals surface area (Å²) >= 11 is 0. The van der Waals surface area contributed by atoms with Crippen molar-refractivity contribution in [1.82, 2.24) is 5.32 Å². The molecule has 0 saturated carbocycles. The van der Waals surface area contributed by atoms with E-state index in [0.29, 0.717) is 5.92 Å². The van der Waals surface area contributed by atoms with Crippen LogP contribution in [-0.2, 0) is 6.54 Å². The SMILES string of the molecule is C=CC(=CC=CC)C(C)c1ccc(CNC(c2ccccc2)c2ccccc2)cc1. The summed E-state index contributed by atoms with van der Waals surface area (Å²) in [5, 5.41) is 3.74. The fourth-order valence-corrected chi connectivity index (χ4v) is 3.65. The molecule has 0 radical (unpaired) electrons. The van der Waals surface area contributed by atoms with Gasteiger partial charge in [-0.15, -0.1) is 0 Å². The highest BCUT2D eigenvalue weighted by molar-refractivity contribution is 5.37. The van der Waals surface area contributed by atoms with E-state index in [4.69, 9.17) is 0 Å². The van der Waals surface area contributed by atoms with Gasteiger partial charge in [-0.3, -0.25) is 0 Å². The minimum absolute atomic E-state index is 0.169. The molecule has 3 rings (SSSR count). The Labute approximate surface area is 181 Å². The summed E-state index contributed by atoms with van der Waals surface area (Å²) in [4.78, 5) is 0. The van der Waals surface area contributed by atoms with Crippen LogP contribution < -0.4 is 5.32 Å². The standard InChI is InChI=1S/C29H31N/c1-4-6-13-25(5-2)23(3)26-20-18-24(19-21-26)22-30-29(27-14-9-7-10-15-27)28-16-11-8-12-17-28/h4-21,23,29-30H,2,22H2,1,3H3. The third-order valence-corrected chi connectivity index (χ3v) is 5.47. The lowest BCUT2D eigenvalue weighted by molar-refractivity contribution is 0.605. The van der Waals surface area contributed by atoms with E-state index in [1.54, 1.807) is 0 Å². The molecular formula is C29H31N. The van der Waals surface area contributed by atoms with E-state index in [9.17, 15) is 0 Å². The monoisotopic (exact) mass is 393 g/mol. The van der Waals surface area contributed by atoms with Crippen LogP contribution in [-0.4, -0.2) is 0 Å². The molecule has 0 aliphatic heterocycles. The second-order valence-electron chi connectivity index (χ2n) is 7.50.